The lowest BCUT2D eigenvalue weighted by Crippen LogP contribution is -2.11. The smallest absolute Gasteiger partial charge is 0.119 e. The van der Waals surface area contributed by atoms with Crippen LogP contribution >= 0.6 is 0 Å². The van der Waals surface area contributed by atoms with Gasteiger partial charge in [-0.05, 0) is 50.3 Å². The highest BCUT2D eigenvalue weighted by atomic mass is 16.5. The van der Waals surface area contributed by atoms with Crippen molar-refractivity contribution in [3.63, 3.8) is 0 Å². The molecule has 1 fully saturated rings. The van der Waals surface area contributed by atoms with Crippen molar-refractivity contribution in [2.75, 3.05) is 13.2 Å². The maximum Gasteiger partial charge on any atom is 0.119 e. The van der Waals surface area contributed by atoms with Crippen LogP contribution in [-0.4, -0.2) is 19.3 Å². The van der Waals surface area contributed by atoms with Gasteiger partial charge >= 0.3 is 0 Å². The molecular formula is C15H23NO2. The molecule has 100 valence electrons. The van der Waals surface area contributed by atoms with Gasteiger partial charge in [-0.15, -0.1) is 0 Å². The summed E-state index contributed by atoms with van der Waals surface area (Å²) in [5, 5.41) is 0. The van der Waals surface area contributed by atoms with Crippen molar-refractivity contribution in [1.29, 1.82) is 0 Å². The molecule has 1 saturated carbocycles. The topological polar surface area (TPSA) is 44.5 Å². The van der Waals surface area contributed by atoms with Crippen molar-refractivity contribution in [3.05, 3.63) is 29.8 Å². The molecule has 1 aromatic carbocycles. The standard InChI is InChI=1S/C15H23NO2/c1-2-17-11-3-4-15(16)12-5-7-13(8-6-12)18-14-9-10-14/h5-8,14-15H,2-4,9-11,16H2,1H3. The van der Waals surface area contributed by atoms with Gasteiger partial charge in [-0.3, -0.25) is 0 Å². The van der Waals surface area contributed by atoms with Crippen LogP contribution in [0.1, 0.15) is 44.2 Å². The van der Waals surface area contributed by atoms with E-state index in [4.69, 9.17) is 15.2 Å². The predicted molar refractivity (Wildman–Crippen MR) is 72.7 cm³/mol. The summed E-state index contributed by atoms with van der Waals surface area (Å²) in [4.78, 5) is 0. The van der Waals surface area contributed by atoms with Crippen LogP contribution in [0.25, 0.3) is 0 Å². The van der Waals surface area contributed by atoms with Gasteiger partial charge in [-0.25, -0.2) is 0 Å². The lowest BCUT2D eigenvalue weighted by Gasteiger charge is -2.13. The molecule has 0 heterocycles. The molecular weight excluding hydrogens is 226 g/mol. The van der Waals surface area contributed by atoms with Crippen LogP contribution in [0, 0.1) is 0 Å². The number of nitrogens with two attached hydrogens (primary N) is 1. The van der Waals surface area contributed by atoms with E-state index in [0.29, 0.717) is 6.10 Å². The van der Waals surface area contributed by atoms with E-state index in [0.717, 1.165) is 31.8 Å². The fourth-order valence-electron chi connectivity index (χ4n) is 1.89. The molecule has 2 rings (SSSR count). The lowest BCUT2D eigenvalue weighted by atomic mass is 10.0. The summed E-state index contributed by atoms with van der Waals surface area (Å²) in [5.74, 6) is 0.961. The van der Waals surface area contributed by atoms with Crippen LogP contribution in [-0.2, 0) is 4.74 Å². The van der Waals surface area contributed by atoms with Crippen molar-refractivity contribution < 1.29 is 9.47 Å². The molecule has 3 heteroatoms. The van der Waals surface area contributed by atoms with Gasteiger partial charge in [0.2, 0.25) is 0 Å². The molecule has 0 radical (unpaired) electrons. The summed E-state index contributed by atoms with van der Waals surface area (Å²) in [6, 6.07) is 8.29. The van der Waals surface area contributed by atoms with Crippen molar-refractivity contribution in [1.82, 2.24) is 0 Å². The van der Waals surface area contributed by atoms with E-state index in [-0.39, 0.29) is 6.04 Å². The summed E-state index contributed by atoms with van der Waals surface area (Å²) in [7, 11) is 0. The molecule has 0 aromatic heterocycles. The second kappa shape index (κ2) is 6.76. The third-order valence-corrected chi connectivity index (χ3v) is 3.14. The zero-order chi connectivity index (χ0) is 12.8. The Morgan fingerprint density at radius 1 is 1.28 bits per heavy atom. The Morgan fingerprint density at radius 2 is 2.00 bits per heavy atom. The Morgan fingerprint density at radius 3 is 2.61 bits per heavy atom. The molecule has 1 aliphatic carbocycles. The molecule has 1 atom stereocenters. The van der Waals surface area contributed by atoms with E-state index in [1.165, 1.54) is 18.4 Å². The average Bonchev–Trinajstić information content (AvgIpc) is 3.19. The third-order valence-electron chi connectivity index (χ3n) is 3.14. The minimum atomic E-state index is 0.0976. The van der Waals surface area contributed by atoms with Crippen LogP contribution in [0.4, 0.5) is 0 Å². The predicted octanol–water partition coefficient (Wildman–Crippen LogP) is 3.04. The van der Waals surface area contributed by atoms with Crippen LogP contribution in [0.15, 0.2) is 24.3 Å². The van der Waals surface area contributed by atoms with E-state index < -0.39 is 0 Å². The quantitative estimate of drug-likeness (QED) is 0.720. The van der Waals surface area contributed by atoms with Gasteiger partial charge in [0.25, 0.3) is 0 Å². The molecule has 2 N–H and O–H groups in total. The molecule has 1 unspecified atom stereocenters. The van der Waals surface area contributed by atoms with Gasteiger partial charge < -0.3 is 15.2 Å². The van der Waals surface area contributed by atoms with Crippen LogP contribution < -0.4 is 10.5 Å². The van der Waals surface area contributed by atoms with Crippen LogP contribution in [0.3, 0.4) is 0 Å². The van der Waals surface area contributed by atoms with Gasteiger partial charge in [-0.1, -0.05) is 12.1 Å². The number of ether oxygens (including phenoxy) is 2. The highest BCUT2D eigenvalue weighted by molar-refractivity contribution is 5.29. The van der Waals surface area contributed by atoms with Gasteiger partial charge in [0.15, 0.2) is 0 Å². The van der Waals surface area contributed by atoms with Gasteiger partial charge in [0.05, 0.1) is 6.10 Å². The van der Waals surface area contributed by atoms with E-state index in [2.05, 4.69) is 12.1 Å². The Hall–Kier alpha value is -1.06. The van der Waals surface area contributed by atoms with E-state index in [1.807, 2.05) is 19.1 Å². The molecule has 1 aliphatic rings. The zero-order valence-electron chi connectivity index (χ0n) is 11.1. The van der Waals surface area contributed by atoms with E-state index in [1.54, 1.807) is 0 Å². The first-order valence-electron chi connectivity index (χ1n) is 6.89. The monoisotopic (exact) mass is 249 g/mol. The van der Waals surface area contributed by atoms with Crippen LogP contribution in [0.2, 0.25) is 0 Å². The van der Waals surface area contributed by atoms with Crippen molar-refractivity contribution in [2.24, 2.45) is 5.73 Å². The summed E-state index contributed by atoms with van der Waals surface area (Å²) < 4.78 is 11.0. The normalized spacial score (nSPS) is 16.6. The maximum atomic E-state index is 6.14. The van der Waals surface area contributed by atoms with E-state index in [9.17, 15) is 0 Å². The fraction of sp³-hybridized carbons (Fsp3) is 0.600. The molecule has 3 nitrogen and oxygen atoms in total. The first-order chi connectivity index (χ1) is 8.79. The fourth-order valence-corrected chi connectivity index (χ4v) is 1.89. The molecule has 18 heavy (non-hydrogen) atoms. The first-order valence-corrected chi connectivity index (χ1v) is 6.89. The maximum absolute atomic E-state index is 6.14. The molecule has 0 saturated heterocycles. The lowest BCUT2D eigenvalue weighted by molar-refractivity contribution is 0.142. The van der Waals surface area contributed by atoms with Gasteiger partial charge in [-0.2, -0.15) is 0 Å². The number of rotatable bonds is 8. The molecule has 0 bridgehead atoms. The minimum absolute atomic E-state index is 0.0976. The highest BCUT2D eigenvalue weighted by Crippen LogP contribution is 2.27. The number of benzene rings is 1. The van der Waals surface area contributed by atoms with Crippen LogP contribution in [0.5, 0.6) is 5.75 Å². The highest BCUT2D eigenvalue weighted by Gasteiger charge is 2.23. The number of hydrogen-bond donors (Lipinski definition) is 1. The summed E-state index contributed by atoms with van der Waals surface area (Å²) >= 11 is 0. The summed E-state index contributed by atoms with van der Waals surface area (Å²) in [5.41, 5.74) is 7.32. The molecule has 0 aliphatic heterocycles. The Kier molecular flexibility index (Phi) is 5.02. The molecule has 0 spiro atoms. The van der Waals surface area contributed by atoms with Crippen molar-refractivity contribution in [2.45, 2.75) is 44.8 Å². The Labute approximate surface area is 109 Å². The summed E-state index contributed by atoms with van der Waals surface area (Å²) in [6.07, 6.45) is 4.81. The molecule has 0 amide bonds. The second-order valence-electron chi connectivity index (χ2n) is 4.83. The van der Waals surface area contributed by atoms with Gasteiger partial charge in [0.1, 0.15) is 5.75 Å². The van der Waals surface area contributed by atoms with Crippen molar-refractivity contribution in [3.8, 4) is 5.75 Å². The molecule has 1 aromatic rings. The van der Waals surface area contributed by atoms with Crippen molar-refractivity contribution >= 4 is 0 Å². The summed E-state index contributed by atoms with van der Waals surface area (Å²) in [6.45, 7) is 3.59. The third kappa shape index (κ3) is 4.31. The SMILES string of the molecule is CCOCCCC(N)c1ccc(OC2CC2)cc1. The Balaban J connectivity index is 1.76. The Bertz CT molecular complexity index is 346. The average molecular weight is 249 g/mol. The largest absolute Gasteiger partial charge is 0.490 e. The first kappa shape index (κ1) is 13.4. The number of hydrogen-bond acceptors (Lipinski definition) is 3. The van der Waals surface area contributed by atoms with Gasteiger partial charge in [0, 0.05) is 19.3 Å². The zero-order valence-corrected chi connectivity index (χ0v) is 11.1. The van der Waals surface area contributed by atoms with E-state index >= 15 is 0 Å². The minimum Gasteiger partial charge on any atom is -0.490 e. The second-order valence-corrected chi connectivity index (χ2v) is 4.83.